The minimum atomic E-state index is -0.857. The van der Waals surface area contributed by atoms with E-state index in [1.807, 2.05) is 6.92 Å². The highest BCUT2D eigenvalue weighted by Gasteiger charge is 2.31. The van der Waals surface area contributed by atoms with E-state index in [9.17, 15) is 9.90 Å². The molecule has 0 saturated heterocycles. The molecule has 3 unspecified atom stereocenters. The van der Waals surface area contributed by atoms with Crippen LogP contribution >= 0.6 is 0 Å². The van der Waals surface area contributed by atoms with Crippen LogP contribution in [-0.2, 0) is 4.79 Å². The summed E-state index contributed by atoms with van der Waals surface area (Å²) in [5.41, 5.74) is 0. The minimum Gasteiger partial charge on any atom is -0.481 e. The predicted octanol–water partition coefficient (Wildman–Crippen LogP) is 0.868. The maximum Gasteiger partial charge on any atom is 0.309 e. The molecule has 0 aromatic heterocycles. The fourth-order valence-corrected chi connectivity index (χ4v) is 1.64. The van der Waals surface area contributed by atoms with Crippen molar-refractivity contribution in [1.82, 2.24) is 0 Å². The molecule has 0 amide bonds. The number of carboxylic acid groups (broad SMARTS) is 1. The van der Waals surface area contributed by atoms with Crippen molar-refractivity contribution in [3.63, 3.8) is 0 Å². The topological polar surface area (TPSA) is 57.5 Å². The largest absolute Gasteiger partial charge is 0.481 e. The molecule has 0 aliphatic heterocycles. The number of carbonyl (C=O) groups is 1. The van der Waals surface area contributed by atoms with Crippen molar-refractivity contribution in [2.24, 2.45) is 11.8 Å². The van der Waals surface area contributed by atoms with Gasteiger partial charge in [0.1, 0.15) is 0 Å². The van der Waals surface area contributed by atoms with E-state index in [-0.39, 0.29) is 0 Å². The molecule has 0 bridgehead atoms. The Labute approximate surface area is 66.0 Å². The number of rotatable bonds is 1. The molecule has 3 atom stereocenters. The molecule has 1 rings (SSSR count). The van der Waals surface area contributed by atoms with Crippen molar-refractivity contribution in [1.29, 1.82) is 0 Å². The SMILES string of the molecule is CC1CCC(C(=O)O)C(O)C1. The minimum absolute atomic E-state index is 0.473. The first kappa shape index (κ1) is 8.53. The number of aliphatic hydroxyl groups is 1. The van der Waals surface area contributed by atoms with Gasteiger partial charge in [0.2, 0.25) is 0 Å². The van der Waals surface area contributed by atoms with Gasteiger partial charge >= 0.3 is 5.97 Å². The van der Waals surface area contributed by atoms with Gasteiger partial charge in [-0.25, -0.2) is 0 Å². The molecular formula is C8H14O3. The smallest absolute Gasteiger partial charge is 0.309 e. The molecule has 0 heterocycles. The monoisotopic (exact) mass is 158 g/mol. The van der Waals surface area contributed by atoms with Gasteiger partial charge in [0.15, 0.2) is 0 Å². The van der Waals surface area contributed by atoms with Gasteiger partial charge in [0, 0.05) is 0 Å². The average molecular weight is 158 g/mol. The van der Waals surface area contributed by atoms with Gasteiger partial charge < -0.3 is 10.2 Å². The molecule has 1 aliphatic carbocycles. The van der Waals surface area contributed by atoms with Crippen molar-refractivity contribution >= 4 is 5.97 Å². The van der Waals surface area contributed by atoms with E-state index in [1.165, 1.54) is 0 Å². The van der Waals surface area contributed by atoms with Gasteiger partial charge in [-0.1, -0.05) is 6.92 Å². The van der Waals surface area contributed by atoms with Crippen LogP contribution in [0.2, 0.25) is 0 Å². The van der Waals surface area contributed by atoms with Crippen LogP contribution < -0.4 is 0 Å². The standard InChI is InChI=1S/C8H14O3/c1-5-2-3-6(8(10)11)7(9)4-5/h5-7,9H,2-4H2,1H3,(H,10,11). The van der Waals surface area contributed by atoms with Gasteiger partial charge in [0.25, 0.3) is 0 Å². The van der Waals surface area contributed by atoms with Gasteiger partial charge in [-0.15, -0.1) is 0 Å². The lowest BCUT2D eigenvalue weighted by molar-refractivity contribution is -0.148. The molecule has 1 fully saturated rings. The number of aliphatic carboxylic acids is 1. The van der Waals surface area contributed by atoms with Crippen molar-refractivity contribution in [3.8, 4) is 0 Å². The molecule has 0 radical (unpaired) electrons. The highest BCUT2D eigenvalue weighted by atomic mass is 16.4. The Bertz CT molecular complexity index is 155. The molecule has 1 saturated carbocycles. The van der Waals surface area contributed by atoms with E-state index in [2.05, 4.69) is 0 Å². The highest BCUT2D eigenvalue weighted by Crippen LogP contribution is 2.28. The second-order valence-electron chi connectivity index (χ2n) is 3.43. The number of aliphatic hydroxyl groups excluding tert-OH is 1. The van der Waals surface area contributed by atoms with E-state index in [1.54, 1.807) is 0 Å². The Balaban J connectivity index is 2.50. The van der Waals surface area contributed by atoms with Crippen LogP contribution in [0, 0.1) is 11.8 Å². The summed E-state index contributed by atoms with van der Waals surface area (Å²) in [5.74, 6) is -0.906. The summed E-state index contributed by atoms with van der Waals surface area (Å²) < 4.78 is 0. The highest BCUT2D eigenvalue weighted by molar-refractivity contribution is 5.70. The quantitative estimate of drug-likeness (QED) is 0.595. The number of carboxylic acids is 1. The maximum absolute atomic E-state index is 10.5. The molecule has 64 valence electrons. The van der Waals surface area contributed by atoms with Crippen molar-refractivity contribution in [3.05, 3.63) is 0 Å². The van der Waals surface area contributed by atoms with Crippen LogP contribution in [0.15, 0.2) is 0 Å². The molecule has 3 nitrogen and oxygen atoms in total. The van der Waals surface area contributed by atoms with Gasteiger partial charge in [0.05, 0.1) is 12.0 Å². The molecule has 2 N–H and O–H groups in total. The predicted molar refractivity (Wildman–Crippen MR) is 40.1 cm³/mol. The summed E-state index contributed by atoms with van der Waals surface area (Å²) in [6.45, 7) is 2.04. The third-order valence-electron chi connectivity index (χ3n) is 2.40. The van der Waals surface area contributed by atoms with Crippen molar-refractivity contribution in [2.45, 2.75) is 32.3 Å². The van der Waals surface area contributed by atoms with Crippen LogP contribution in [0.5, 0.6) is 0 Å². The van der Waals surface area contributed by atoms with Gasteiger partial charge in [-0.3, -0.25) is 4.79 Å². The summed E-state index contributed by atoms with van der Waals surface area (Å²) in [6.07, 6.45) is 1.55. The van der Waals surface area contributed by atoms with Crippen LogP contribution in [0.1, 0.15) is 26.2 Å². The zero-order valence-corrected chi connectivity index (χ0v) is 6.66. The zero-order valence-electron chi connectivity index (χ0n) is 6.66. The Kier molecular flexibility index (Phi) is 2.49. The lowest BCUT2D eigenvalue weighted by Crippen LogP contribution is -2.33. The van der Waals surface area contributed by atoms with Crippen LogP contribution in [-0.4, -0.2) is 22.3 Å². The van der Waals surface area contributed by atoms with E-state index >= 15 is 0 Å². The third-order valence-corrected chi connectivity index (χ3v) is 2.40. The molecule has 11 heavy (non-hydrogen) atoms. The first-order valence-corrected chi connectivity index (χ1v) is 4.02. The summed E-state index contributed by atoms with van der Waals surface area (Å²) in [5, 5.41) is 18.0. The zero-order chi connectivity index (χ0) is 8.43. The van der Waals surface area contributed by atoms with Gasteiger partial charge in [-0.05, 0) is 25.2 Å². The van der Waals surface area contributed by atoms with E-state index in [0.29, 0.717) is 18.8 Å². The fourth-order valence-electron chi connectivity index (χ4n) is 1.64. The third kappa shape index (κ3) is 1.93. The van der Waals surface area contributed by atoms with Crippen molar-refractivity contribution < 1.29 is 15.0 Å². The van der Waals surface area contributed by atoms with E-state index < -0.39 is 18.0 Å². The Morgan fingerprint density at radius 2 is 2.09 bits per heavy atom. The fraction of sp³-hybridized carbons (Fsp3) is 0.875. The second kappa shape index (κ2) is 3.22. The maximum atomic E-state index is 10.5. The van der Waals surface area contributed by atoms with Crippen LogP contribution in [0.4, 0.5) is 0 Å². The van der Waals surface area contributed by atoms with Crippen LogP contribution in [0.3, 0.4) is 0 Å². The Hall–Kier alpha value is -0.570. The lowest BCUT2D eigenvalue weighted by Gasteiger charge is -2.28. The van der Waals surface area contributed by atoms with E-state index in [4.69, 9.17) is 5.11 Å². The lowest BCUT2D eigenvalue weighted by atomic mass is 9.81. The molecule has 1 aliphatic rings. The summed E-state index contributed by atoms with van der Waals surface area (Å²) in [4.78, 5) is 10.5. The summed E-state index contributed by atoms with van der Waals surface area (Å²) in [7, 11) is 0. The number of hydrogen-bond donors (Lipinski definition) is 2. The van der Waals surface area contributed by atoms with Crippen LogP contribution in [0.25, 0.3) is 0 Å². The van der Waals surface area contributed by atoms with Crippen molar-refractivity contribution in [2.75, 3.05) is 0 Å². The molecule has 0 aromatic carbocycles. The first-order valence-electron chi connectivity index (χ1n) is 4.02. The molecule has 3 heteroatoms. The Morgan fingerprint density at radius 3 is 2.55 bits per heavy atom. The molecular weight excluding hydrogens is 144 g/mol. The van der Waals surface area contributed by atoms with Gasteiger partial charge in [-0.2, -0.15) is 0 Å². The second-order valence-corrected chi connectivity index (χ2v) is 3.43. The first-order chi connectivity index (χ1) is 5.11. The molecule has 0 spiro atoms. The Morgan fingerprint density at radius 1 is 1.45 bits per heavy atom. The normalized spacial score (nSPS) is 38.5. The summed E-state index contributed by atoms with van der Waals surface area (Å²) in [6, 6.07) is 0. The summed E-state index contributed by atoms with van der Waals surface area (Å²) >= 11 is 0. The van der Waals surface area contributed by atoms with E-state index in [0.717, 1.165) is 6.42 Å². The number of hydrogen-bond acceptors (Lipinski definition) is 2. The molecule has 0 aromatic rings. The average Bonchev–Trinajstić information content (AvgIpc) is 1.85.